The number of esters is 1. The first-order valence-electron chi connectivity index (χ1n) is 21.2. The molecular formula is C44H71NO10. The monoisotopic (exact) mass is 774 g/mol. The van der Waals surface area contributed by atoms with Crippen molar-refractivity contribution in [2.24, 2.45) is 41.4 Å². The molecular weight excluding hydrogens is 702 g/mol. The number of nitrogens with zero attached hydrogens (tertiary/aromatic N) is 1. The lowest BCUT2D eigenvalue weighted by Gasteiger charge is -2.47. The highest BCUT2D eigenvalue weighted by Gasteiger charge is 2.55. The van der Waals surface area contributed by atoms with E-state index in [4.69, 9.17) is 14.2 Å². The predicted octanol–water partition coefficient (Wildman–Crippen LogP) is 6.11. The van der Waals surface area contributed by atoms with Gasteiger partial charge in [-0.3, -0.25) is 14.4 Å². The van der Waals surface area contributed by atoms with E-state index in [2.05, 4.69) is 27.7 Å². The molecule has 11 heteroatoms. The van der Waals surface area contributed by atoms with Gasteiger partial charge in [-0.15, -0.1) is 0 Å². The van der Waals surface area contributed by atoms with Crippen molar-refractivity contribution in [3.8, 4) is 0 Å². The average molecular weight is 774 g/mol. The number of Topliss-reactive ketones (excluding diaryl/α,β-unsaturated/α-hetero) is 2. The molecule has 3 N–H and O–H groups in total. The lowest BCUT2D eigenvalue weighted by Crippen LogP contribution is -2.62. The quantitative estimate of drug-likeness (QED) is 0.169. The van der Waals surface area contributed by atoms with Gasteiger partial charge in [-0.25, -0.2) is 4.79 Å². The number of ether oxygens (including phenoxy) is 3. The topological polar surface area (TPSA) is 160 Å². The lowest BCUT2D eigenvalue weighted by molar-refractivity contribution is -0.284. The van der Waals surface area contributed by atoms with E-state index in [9.17, 15) is 34.5 Å². The number of hydrogen-bond acceptors (Lipinski definition) is 10. The third-order valence-corrected chi connectivity index (χ3v) is 13.3. The second-order valence-corrected chi connectivity index (χ2v) is 17.7. The molecule has 3 fully saturated rings. The zero-order valence-electron chi connectivity index (χ0n) is 35.0. The number of ketones is 2. The molecule has 2 saturated heterocycles. The molecule has 14 atom stereocenters. The number of rotatable bonds is 5. The van der Waals surface area contributed by atoms with E-state index in [1.54, 1.807) is 21.0 Å². The van der Waals surface area contributed by atoms with Crippen molar-refractivity contribution in [3.63, 3.8) is 0 Å². The Morgan fingerprint density at radius 3 is 2.33 bits per heavy atom. The van der Waals surface area contributed by atoms with E-state index in [0.29, 0.717) is 56.1 Å². The molecule has 0 aromatic rings. The van der Waals surface area contributed by atoms with Crippen LogP contribution in [0.3, 0.4) is 0 Å². The first kappa shape index (κ1) is 45.3. The second-order valence-electron chi connectivity index (χ2n) is 17.7. The number of hydrogen-bond donors (Lipinski definition) is 3. The maximum absolute atomic E-state index is 14.3. The minimum Gasteiger partial charge on any atom is -0.456 e. The van der Waals surface area contributed by atoms with Crippen LogP contribution in [-0.4, -0.2) is 99.7 Å². The van der Waals surface area contributed by atoms with Crippen LogP contribution in [0, 0.1) is 41.4 Å². The Kier molecular flexibility index (Phi) is 16.3. The van der Waals surface area contributed by atoms with Gasteiger partial charge in [0.1, 0.15) is 12.1 Å². The largest absolute Gasteiger partial charge is 0.456 e. The highest BCUT2D eigenvalue weighted by atomic mass is 16.6. The van der Waals surface area contributed by atoms with E-state index in [0.717, 1.165) is 19.3 Å². The molecule has 3 heterocycles. The number of carbonyl (C=O) groups is 4. The Balaban J connectivity index is 1.75. The zero-order valence-corrected chi connectivity index (χ0v) is 35.0. The van der Waals surface area contributed by atoms with Crippen molar-refractivity contribution in [1.82, 2.24) is 4.90 Å². The van der Waals surface area contributed by atoms with Crippen LogP contribution in [0.15, 0.2) is 23.3 Å². The number of aliphatic hydroxyl groups excluding tert-OH is 2. The number of piperidine rings is 1. The van der Waals surface area contributed by atoms with Crippen LogP contribution in [0.4, 0.5) is 0 Å². The molecule has 2 bridgehead atoms. The molecule has 1 saturated carbocycles. The van der Waals surface area contributed by atoms with Crippen molar-refractivity contribution < 1.29 is 48.7 Å². The van der Waals surface area contributed by atoms with Crippen molar-refractivity contribution in [2.75, 3.05) is 13.7 Å². The summed E-state index contributed by atoms with van der Waals surface area (Å²) in [6.07, 6.45) is 7.13. The van der Waals surface area contributed by atoms with Crippen molar-refractivity contribution in [3.05, 3.63) is 23.3 Å². The third kappa shape index (κ3) is 10.7. The van der Waals surface area contributed by atoms with E-state index in [-0.39, 0.29) is 60.9 Å². The molecule has 11 nitrogen and oxygen atoms in total. The molecule has 2 unspecified atom stereocenters. The molecule has 0 radical (unpaired) electrons. The summed E-state index contributed by atoms with van der Waals surface area (Å²) in [5.74, 6) is -6.15. The first-order valence-corrected chi connectivity index (χ1v) is 21.2. The molecule has 4 aliphatic rings. The maximum Gasteiger partial charge on any atom is 0.329 e. The fraction of sp³-hybridized carbons (Fsp3) is 0.818. The van der Waals surface area contributed by atoms with Crippen LogP contribution in [0.2, 0.25) is 0 Å². The van der Waals surface area contributed by atoms with Gasteiger partial charge in [0, 0.05) is 31.9 Å². The minimum absolute atomic E-state index is 0.0177. The molecule has 312 valence electrons. The van der Waals surface area contributed by atoms with Gasteiger partial charge in [0.05, 0.1) is 24.4 Å². The smallest absolute Gasteiger partial charge is 0.329 e. The average Bonchev–Trinajstić information content (AvgIpc) is 3.15. The third-order valence-electron chi connectivity index (χ3n) is 13.3. The Bertz CT molecular complexity index is 1410. The summed E-state index contributed by atoms with van der Waals surface area (Å²) >= 11 is 0. The molecule has 55 heavy (non-hydrogen) atoms. The Morgan fingerprint density at radius 1 is 0.964 bits per heavy atom. The zero-order chi connectivity index (χ0) is 40.8. The summed E-state index contributed by atoms with van der Waals surface area (Å²) < 4.78 is 18.2. The number of carbonyl (C=O) groups excluding carboxylic acids is 4. The number of allylic oxidation sites excluding steroid dienone is 3. The summed E-state index contributed by atoms with van der Waals surface area (Å²) in [5, 5.41) is 34.1. The number of fused-ring (bicyclic) bond motifs is 3. The maximum atomic E-state index is 14.3. The van der Waals surface area contributed by atoms with Gasteiger partial charge in [0.2, 0.25) is 5.79 Å². The highest BCUT2D eigenvalue weighted by Crippen LogP contribution is 2.43. The predicted molar refractivity (Wildman–Crippen MR) is 209 cm³/mol. The number of amides is 1. The van der Waals surface area contributed by atoms with Crippen molar-refractivity contribution in [1.29, 1.82) is 0 Å². The van der Waals surface area contributed by atoms with E-state index in [1.165, 1.54) is 4.90 Å². The fourth-order valence-corrected chi connectivity index (χ4v) is 9.99. The molecule has 4 rings (SSSR count). The normalized spacial score (nSPS) is 41.2. The Hall–Kier alpha value is -2.44. The van der Waals surface area contributed by atoms with Crippen molar-refractivity contribution >= 4 is 23.4 Å². The molecule has 0 spiro atoms. The highest BCUT2D eigenvalue weighted by molar-refractivity contribution is 6.39. The van der Waals surface area contributed by atoms with Crippen LogP contribution in [-0.2, 0) is 33.4 Å². The summed E-state index contributed by atoms with van der Waals surface area (Å²) in [4.78, 5) is 57.6. The molecule has 1 amide bonds. The molecule has 1 aliphatic carbocycles. The Labute approximate surface area is 329 Å². The van der Waals surface area contributed by atoms with Gasteiger partial charge >= 0.3 is 5.97 Å². The van der Waals surface area contributed by atoms with E-state index < -0.39 is 65.7 Å². The van der Waals surface area contributed by atoms with Crippen LogP contribution in [0.1, 0.15) is 132 Å². The summed E-state index contributed by atoms with van der Waals surface area (Å²) in [7, 11) is 1.57. The van der Waals surface area contributed by atoms with Gasteiger partial charge < -0.3 is 34.4 Å². The van der Waals surface area contributed by atoms with Gasteiger partial charge in [-0.1, -0.05) is 67.0 Å². The number of methoxy groups -OCH3 is 1. The molecule has 0 aromatic heterocycles. The molecule has 3 aliphatic heterocycles. The minimum atomic E-state index is -2.34. The van der Waals surface area contributed by atoms with E-state index >= 15 is 0 Å². The molecule has 0 aromatic carbocycles. The standard InChI is InChI=1S/C44H71NO10/c1-10-32-20-26(4)18-25(3)19-27(5)40-33(11-2)22-29(7)44(52,55-40)41(49)42(50)45-17-13-12-14-34(45)43(51)54-39(30(8)36(47)24-37(32)48)28(6)21-31-15-16-35(46)38(23-31)53-9/h20-21,25-27,29-31,33-36,38-40,46-47,52H,10-19,22-24H2,1-9H3/t25-,26?,27-,29+,30+,31-,33-,34?,35+,36-,38+,39+,40+,44+/m0/s1. The van der Waals surface area contributed by atoms with E-state index in [1.807, 2.05) is 26.0 Å². The number of cyclic esters (lactones) is 1. The van der Waals surface area contributed by atoms with Gasteiger partial charge in [0.15, 0.2) is 5.78 Å². The summed E-state index contributed by atoms with van der Waals surface area (Å²) in [6.45, 7) is 15.8. The lowest BCUT2D eigenvalue weighted by atomic mass is 9.74. The van der Waals surface area contributed by atoms with Crippen LogP contribution >= 0.6 is 0 Å². The summed E-state index contributed by atoms with van der Waals surface area (Å²) in [6, 6.07) is -1.08. The first-order chi connectivity index (χ1) is 25.9. The Morgan fingerprint density at radius 2 is 1.67 bits per heavy atom. The SMILES string of the molecule is CCC1=CC(C)C[C@H](C)C[C@H](C)[C@H]2O[C@@](O)(C(=O)C(=O)N3CCCCC3C(=O)O[C@H](C(C)=C[C@@H]3CC[C@@H](O)[C@H](OC)C3)[C@H](C)[C@@H](O)CC1=O)[C@H](C)C[C@@H]2CC. The van der Waals surface area contributed by atoms with Crippen LogP contribution in [0.5, 0.6) is 0 Å². The van der Waals surface area contributed by atoms with Crippen LogP contribution in [0.25, 0.3) is 0 Å². The van der Waals surface area contributed by atoms with Gasteiger partial charge in [0.25, 0.3) is 11.7 Å². The fourth-order valence-electron chi connectivity index (χ4n) is 9.99. The second kappa shape index (κ2) is 19.8. The van der Waals surface area contributed by atoms with Gasteiger partial charge in [-0.05, 0) is 112 Å². The van der Waals surface area contributed by atoms with Crippen LogP contribution < -0.4 is 0 Å². The van der Waals surface area contributed by atoms with Crippen molar-refractivity contribution in [2.45, 2.75) is 175 Å². The van der Waals surface area contributed by atoms with Gasteiger partial charge in [-0.2, -0.15) is 0 Å². The number of aliphatic hydroxyl groups is 3. The summed E-state index contributed by atoms with van der Waals surface area (Å²) in [5.41, 5.74) is 1.35.